The Morgan fingerprint density at radius 1 is 1.31 bits per heavy atom. The number of piperidine rings is 1. The van der Waals surface area contributed by atoms with E-state index in [0.717, 1.165) is 13.1 Å². The average molecular weight is 291 g/mol. The summed E-state index contributed by atoms with van der Waals surface area (Å²) in [5.41, 5.74) is 0. The van der Waals surface area contributed by atoms with Crippen LogP contribution >= 0.6 is 15.9 Å². The summed E-state index contributed by atoms with van der Waals surface area (Å²) in [6.45, 7) is 8.24. The predicted octanol–water partition coefficient (Wildman–Crippen LogP) is 2.01. The Labute approximate surface area is 107 Å². The lowest BCUT2D eigenvalue weighted by Crippen LogP contribution is -2.40. The maximum Gasteiger partial charge on any atom is 0.234 e. The van der Waals surface area contributed by atoms with Gasteiger partial charge in [0.05, 0.1) is 4.83 Å². The third kappa shape index (κ3) is 4.83. The van der Waals surface area contributed by atoms with Crippen LogP contribution in [0.5, 0.6) is 0 Å². The van der Waals surface area contributed by atoms with E-state index < -0.39 is 0 Å². The predicted molar refractivity (Wildman–Crippen MR) is 70.9 cm³/mol. The molecule has 0 aromatic carbocycles. The fourth-order valence-electron chi connectivity index (χ4n) is 1.92. The summed E-state index contributed by atoms with van der Waals surface area (Å²) < 4.78 is 0. The summed E-state index contributed by atoms with van der Waals surface area (Å²) in [4.78, 5) is 14.0. The number of likely N-dealkylation sites (tertiary alicyclic amines) is 1. The van der Waals surface area contributed by atoms with Gasteiger partial charge in [-0.1, -0.05) is 36.2 Å². The standard InChI is InChI=1S/C12H23BrN2O/c1-10(2)11(13)12(16)14-6-9-15-7-4-3-5-8-15/h10-11H,3-9H2,1-2H3,(H,14,16). The molecule has 1 heterocycles. The van der Waals surface area contributed by atoms with Crippen LogP contribution in [-0.2, 0) is 4.79 Å². The minimum atomic E-state index is -0.0612. The molecule has 1 aliphatic heterocycles. The number of nitrogens with one attached hydrogen (secondary N) is 1. The summed E-state index contributed by atoms with van der Waals surface area (Å²) in [5.74, 6) is 0.460. The highest BCUT2D eigenvalue weighted by Gasteiger charge is 2.18. The second-order valence-corrected chi connectivity index (χ2v) is 5.83. The van der Waals surface area contributed by atoms with Gasteiger partial charge < -0.3 is 10.2 Å². The summed E-state index contributed by atoms with van der Waals surface area (Å²) in [6.07, 6.45) is 3.97. The topological polar surface area (TPSA) is 32.3 Å². The first kappa shape index (κ1) is 14.0. The highest BCUT2D eigenvalue weighted by molar-refractivity contribution is 9.10. The van der Waals surface area contributed by atoms with E-state index in [2.05, 4.69) is 26.1 Å². The Morgan fingerprint density at radius 2 is 1.94 bits per heavy atom. The Balaban J connectivity index is 2.12. The quantitative estimate of drug-likeness (QED) is 0.786. The van der Waals surface area contributed by atoms with Gasteiger partial charge in [-0.3, -0.25) is 4.79 Å². The third-order valence-corrected chi connectivity index (χ3v) is 4.48. The summed E-state index contributed by atoms with van der Waals surface area (Å²) in [7, 11) is 0. The summed E-state index contributed by atoms with van der Waals surface area (Å²) >= 11 is 3.41. The molecule has 1 aliphatic rings. The van der Waals surface area contributed by atoms with Crippen LogP contribution in [0.2, 0.25) is 0 Å². The number of nitrogens with zero attached hydrogens (tertiary/aromatic N) is 1. The van der Waals surface area contributed by atoms with E-state index in [9.17, 15) is 4.79 Å². The molecular weight excluding hydrogens is 268 g/mol. The molecule has 1 rings (SSSR count). The van der Waals surface area contributed by atoms with Crippen LogP contribution in [0, 0.1) is 5.92 Å². The summed E-state index contributed by atoms with van der Waals surface area (Å²) in [5, 5.41) is 2.98. The number of amides is 1. The number of halogens is 1. The third-order valence-electron chi connectivity index (χ3n) is 3.01. The van der Waals surface area contributed by atoms with Crippen LogP contribution in [0.3, 0.4) is 0 Å². The molecule has 1 fully saturated rings. The SMILES string of the molecule is CC(C)C(Br)C(=O)NCCN1CCCCC1. The molecule has 0 bridgehead atoms. The largest absolute Gasteiger partial charge is 0.354 e. The number of carbonyl (C=O) groups is 1. The molecule has 1 unspecified atom stereocenters. The highest BCUT2D eigenvalue weighted by atomic mass is 79.9. The Hall–Kier alpha value is -0.0900. The van der Waals surface area contributed by atoms with Gasteiger partial charge in [0, 0.05) is 13.1 Å². The summed E-state index contributed by atoms with van der Waals surface area (Å²) in [6, 6.07) is 0. The van der Waals surface area contributed by atoms with Crippen LogP contribution < -0.4 is 5.32 Å². The van der Waals surface area contributed by atoms with Gasteiger partial charge in [0.15, 0.2) is 0 Å². The molecule has 0 spiro atoms. The van der Waals surface area contributed by atoms with Crippen molar-refractivity contribution in [3.05, 3.63) is 0 Å². The van der Waals surface area contributed by atoms with Gasteiger partial charge in [-0.15, -0.1) is 0 Å². The van der Waals surface area contributed by atoms with Crippen molar-refractivity contribution in [2.75, 3.05) is 26.2 Å². The number of alkyl halides is 1. The molecule has 1 atom stereocenters. The zero-order valence-corrected chi connectivity index (χ0v) is 11.9. The monoisotopic (exact) mass is 290 g/mol. The van der Waals surface area contributed by atoms with Crippen LogP contribution in [0.1, 0.15) is 33.1 Å². The minimum Gasteiger partial charge on any atom is -0.354 e. The normalized spacial score (nSPS) is 19.8. The zero-order chi connectivity index (χ0) is 12.0. The molecule has 0 saturated carbocycles. The van der Waals surface area contributed by atoms with E-state index in [1.54, 1.807) is 0 Å². The molecule has 0 radical (unpaired) electrons. The maximum atomic E-state index is 11.6. The zero-order valence-electron chi connectivity index (χ0n) is 10.3. The van der Waals surface area contributed by atoms with E-state index in [0.29, 0.717) is 5.92 Å². The van der Waals surface area contributed by atoms with E-state index in [1.807, 2.05) is 13.8 Å². The lowest BCUT2D eigenvalue weighted by atomic mass is 10.1. The van der Waals surface area contributed by atoms with Gasteiger partial charge in [-0.05, 0) is 31.8 Å². The molecule has 3 nitrogen and oxygen atoms in total. The molecule has 94 valence electrons. The number of carbonyl (C=O) groups excluding carboxylic acids is 1. The van der Waals surface area contributed by atoms with Crippen LogP contribution in [0.15, 0.2) is 0 Å². The molecule has 1 amide bonds. The van der Waals surface area contributed by atoms with Crippen molar-refractivity contribution >= 4 is 21.8 Å². The first-order chi connectivity index (χ1) is 7.61. The van der Waals surface area contributed by atoms with Gasteiger partial charge in [0.25, 0.3) is 0 Å². The smallest absolute Gasteiger partial charge is 0.234 e. The molecule has 1 N–H and O–H groups in total. The van der Waals surface area contributed by atoms with Gasteiger partial charge >= 0.3 is 0 Å². The van der Waals surface area contributed by atoms with Gasteiger partial charge in [-0.2, -0.15) is 0 Å². The van der Waals surface area contributed by atoms with Crippen molar-refractivity contribution in [3.8, 4) is 0 Å². The Kier molecular flexibility index (Phi) is 6.36. The minimum absolute atomic E-state index is 0.0612. The lowest BCUT2D eigenvalue weighted by Gasteiger charge is -2.26. The van der Waals surface area contributed by atoms with Gasteiger partial charge in [-0.25, -0.2) is 0 Å². The van der Waals surface area contributed by atoms with Crippen LogP contribution in [0.4, 0.5) is 0 Å². The van der Waals surface area contributed by atoms with Crippen LogP contribution in [-0.4, -0.2) is 41.8 Å². The average Bonchev–Trinajstić information content (AvgIpc) is 2.29. The van der Waals surface area contributed by atoms with Crippen molar-refractivity contribution in [1.82, 2.24) is 10.2 Å². The van der Waals surface area contributed by atoms with Crippen molar-refractivity contribution in [3.63, 3.8) is 0 Å². The fraction of sp³-hybridized carbons (Fsp3) is 0.917. The number of hydrogen-bond acceptors (Lipinski definition) is 2. The van der Waals surface area contributed by atoms with Gasteiger partial charge in [0.2, 0.25) is 5.91 Å². The Bertz CT molecular complexity index is 215. The number of rotatable bonds is 5. The van der Waals surface area contributed by atoms with E-state index in [4.69, 9.17) is 0 Å². The second-order valence-electron chi connectivity index (χ2n) is 4.84. The van der Waals surface area contributed by atoms with Crippen molar-refractivity contribution in [2.45, 2.75) is 37.9 Å². The molecule has 16 heavy (non-hydrogen) atoms. The van der Waals surface area contributed by atoms with Crippen LogP contribution in [0.25, 0.3) is 0 Å². The van der Waals surface area contributed by atoms with Crippen molar-refractivity contribution < 1.29 is 4.79 Å². The van der Waals surface area contributed by atoms with Gasteiger partial charge in [0.1, 0.15) is 0 Å². The molecule has 4 heteroatoms. The first-order valence-electron chi connectivity index (χ1n) is 6.25. The first-order valence-corrected chi connectivity index (χ1v) is 7.17. The van der Waals surface area contributed by atoms with E-state index >= 15 is 0 Å². The maximum absolute atomic E-state index is 11.6. The molecule has 0 aliphatic carbocycles. The second kappa shape index (κ2) is 7.28. The fourth-order valence-corrected chi connectivity index (χ4v) is 2.08. The highest BCUT2D eigenvalue weighted by Crippen LogP contribution is 2.11. The van der Waals surface area contributed by atoms with Crippen molar-refractivity contribution in [2.24, 2.45) is 5.92 Å². The lowest BCUT2D eigenvalue weighted by molar-refractivity contribution is -0.121. The molecule has 0 aromatic rings. The van der Waals surface area contributed by atoms with E-state index in [-0.39, 0.29) is 10.7 Å². The molecule has 0 aromatic heterocycles. The van der Waals surface area contributed by atoms with Crippen molar-refractivity contribution in [1.29, 1.82) is 0 Å². The number of hydrogen-bond donors (Lipinski definition) is 1. The van der Waals surface area contributed by atoms with E-state index in [1.165, 1.54) is 32.4 Å². The molecular formula is C12H23BrN2O. The molecule has 1 saturated heterocycles. The Morgan fingerprint density at radius 3 is 2.50 bits per heavy atom.